The second kappa shape index (κ2) is 12.2. The molecule has 1 saturated heterocycles. The van der Waals surface area contributed by atoms with E-state index in [4.69, 9.17) is 9.47 Å². The highest BCUT2D eigenvalue weighted by Crippen LogP contribution is 2.27. The number of benzene rings is 2. The first-order valence-electron chi connectivity index (χ1n) is 14.2. The predicted molar refractivity (Wildman–Crippen MR) is 144 cm³/mol. The molecule has 36 heavy (non-hydrogen) atoms. The van der Waals surface area contributed by atoms with Crippen molar-refractivity contribution in [1.29, 1.82) is 0 Å². The Morgan fingerprint density at radius 3 is 2.56 bits per heavy atom. The lowest BCUT2D eigenvalue weighted by Gasteiger charge is -2.29. The van der Waals surface area contributed by atoms with Crippen LogP contribution in [0.5, 0.6) is 5.75 Å². The van der Waals surface area contributed by atoms with Crippen molar-refractivity contribution < 1.29 is 14.3 Å². The monoisotopic (exact) mass is 490 g/mol. The minimum Gasteiger partial charge on any atom is -0.491 e. The van der Waals surface area contributed by atoms with Crippen molar-refractivity contribution in [3.8, 4) is 5.75 Å². The van der Waals surface area contributed by atoms with Gasteiger partial charge in [0.1, 0.15) is 12.4 Å². The van der Waals surface area contributed by atoms with Crippen LogP contribution in [0.2, 0.25) is 0 Å². The van der Waals surface area contributed by atoms with Crippen LogP contribution >= 0.6 is 0 Å². The third-order valence-electron chi connectivity index (χ3n) is 8.43. The van der Waals surface area contributed by atoms with E-state index in [1.807, 2.05) is 24.3 Å². The van der Waals surface area contributed by atoms with Crippen molar-refractivity contribution in [3.05, 3.63) is 64.7 Å². The van der Waals surface area contributed by atoms with Gasteiger partial charge in [-0.15, -0.1) is 0 Å². The number of ether oxygens (including phenoxy) is 2. The molecule has 3 aliphatic rings. The second-order valence-electron chi connectivity index (χ2n) is 11.0. The number of rotatable bonds is 9. The largest absolute Gasteiger partial charge is 0.491 e. The highest BCUT2D eigenvalue weighted by Gasteiger charge is 2.22. The number of carbonyl (C=O) groups is 1. The molecule has 0 unspecified atom stereocenters. The van der Waals surface area contributed by atoms with Gasteiger partial charge in [-0.2, -0.15) is 0 Å². The summed E-state index contributed by atoms with van der Waals surface area (Å²) in [6.07, 6.45) is 12.0. The van der Waals surface area contributed by atoms with Gasteiger partial charge in [0.25, 0.3) is 5.91 Å². The van der Waals surface area contributed by atoms with Crippen molar-refractivity contribution in [2.75, 3.05) is 13.2 Å². The van der Waals surface area contributed by atoms with E-state index in [9.17, 15) is 4.79 Å². The molecule has 1 amide bonds. The van der Waals surface area contributed by atoms with E-state index in [0.29, 0.717) is 18.2 Å². The van der Waals surface area contributed by atoms with Crippen molar-refractivity contribution in [3.63, 3.8) is 0 Å². The molecule has 0 radical (unpaired) electrons. The fourth-order valence-electron chi connectivity index (χ4n) is 6.01. The lowest BCUT2D eigenvalue weighted by Crippen LogP contribution is -2.39. The zero-order chi connectivity index (χ0) is 24.7. The van der Waals surface area contributed by atoms with Gasteiger partial charge in [0.05, 0.1) is 6.10 Å². The molecule has 2 atom stereocenters. The summed E-state index contributed by atoms with van der Waals surface area (Å²) in [7, 11) is 0. The average Bonchev–Trinajstić information content (AvgIpc) is 3.45. The molecule has 5 nitrogen and oxygen atoms in total. The summed E-state index contributed by atoms with van der Waals surface area (Å²) in [5, 5.41) is 7.05. The summed E-state index contributed by atoms with van der Waals surface area (Å²) < 4.78 is 11.4. The first-order chi connectivity index (χ1) is 17.7. The molecule has 2 fully saturated rings. The zero-order valence-electron chi connectivity index (χ0n) is 21.8. The predicted octanol–water partition coefficient (Wildman–Crippen LogP) is 5.59. The number of fused-ring (bicyclic) bond motifs is 1. The second-order valence-corrected chi connectivity index (χ2v) is 11.0. The molecule has 1 aliphatic heterocycles. The van der Waals surface area contributed by atoms with Gasteiger partial charge in [0.2, 0.25) is 0 Å². The maximum atomic E-state index is 12.9. The molecular weight excluding hydrogens is 448 g/mol. The van der Waals surface area contributed by atoms with Crippen LogP contribution in [0.4, 0.5) is 0 Å². The van der Waals surface area contributed by atoms with Crippen LogP contribution in [0.15, 0.2) is 42.5 Å². The Morgan fingerprint density at radius 2 is 1.81 bits per heavy atom. The topological polar surface area (TPSA) is 59.6 Å². The minimum absolute atomic E-state index is 0.00672. The van der Waals surface area contributed by atoms with Gasteiger partial charge >= 0.3 is 0 Å². The SMILES string of the molecule is CC[C@H]1CC[C@H](NCc2ccc3c(c2)CC[C@H](NC(=O)c2ccc(OC[C@@H]4CCCO4)cc2)C3)CC1. The fraction of sp³-hybridized carbons (Fsp3) is 0.581. The number of nitrogens with one attached hydrogen (secondary N) is 2. The van der Waals surface area contributed by atoms with E-state index >= 15 is 0 Å². The highest BCUT2D eigenvalue weighted by molar-refractivity contribution is 5.94. The standard InChI is InChI=1S/C31H42N2O3/c1-2-22-6-12-27(13-7-22)32-20-23-5-8-26-19-28(14-9-25(26)18-23)33-31(34)24-10-15-29(16-11-24)36-21-30-4-3-17-35-30/h5,8,10-11,15-16,18,22,27-28,30,32H,2-4,6-7,9,12-14,17,19-21H2,1H3,(H,33,34)/t22-,27-,28-,30-/m0/s1. The van der Waals surface area contributed by atoms with Crippen LogP contribution in [-0.4, -0.2) is 37.3 Å². The van der Waals surface area contributed by atoms with E-state index in [0.717, 1.165) is 56.9 Å². The Kier molecular flexibility index (Phi) is 8.60. The fourth-order valence-corrected chi connectivity index (χ4v) is 6.01. The van der Waals surface area contributed by atoms with Crippen molar-refractivity contribution >= 4 is 5.91 Å². The number of hydrogen-bond acceptors (Lipinski definition) is 4. The van der Waals surface area contributed by atoms with Gasteiger partial charge in [-0.25, -0.2) is 0 Å². The molecule has 2 aromatic rings. The molecule has 0 bridgehead atoms. The van der Waals surface area contributed by atoms with E-state index in [1.54, 1.807) is 0 Å². The Labute approximate surface area is 216 Å². The molecule has 194 valence electrons. The third kappa shape index (κ3) is 6.68. The molecule has 1 heterocycles. The minimum atomic E-state index is -0.00672. The van der Waals surface area contributed by atoms with Gasteiger partial charge in [0.15, 0.2) is 0 Å². The van der Waals surface area contributed by atoms with Gasteiger partial charge in [-0.3, -0.25) is 4.79 Å². The van der Waals surface area contributed by atoms with Gasteiger partial charge in [0, 0.05) is 30.8 Å². The normalized spacial score (nSPS) is 25.8. The van der Waals surface area contributed by atoms with Crippen LogP contribution in [0.25, 0.3) is 0 Å². The molecule has 0 spiro atoms. The lowest BCUT2D eigenvalue weighted by atomic mass is 9.84. The molecule has 2 N–H and O–H groups in total. The van der Waals surface area contributed by atoms with Gasteiger partial charge in [-0.05, 0) is 105 Å². The maximum absolute atomic E-state index is 12.9. The Hall–Kier alpha value is -2.37. The van der Waals surface area contributed by atoms with Crippen LogP contribution in [0.1, 0.15) is 85.3 Å². The summed E-state index contributed by atoms with van der Waals surface area (Å²) in [4.78, 5) is 12.9. The third-order valence-corrected chi connectivity index (χ3v) is 8.43. The van der Waals surface area contributed by atoms with E-state index < -0.39 is 0 Å². The number of aryl methyl sites for hydroxylation is 1. The van der Waals surface area contributed by atoms with E-state index in [2.05, 4.69) is 35.8 Å². The van der Waals surface area contributed by atoms with Crippen molar-refractivity contribution in [1.82, 2.24) is 10.6 Å². The smallest absolute Gasteiger partial charge is 0.251 e. The summed E-state index contributed by atoms with van der Waals surface area (Å²) in [5.74, 6) is 1.72. The summed E-state index contributed by atoms with van der Waals surface area (Å²) in [6, 6.07) is 15.2. The molecular formula is C31H42N2O3. The Morgan fingerprint density at radius 1 is 0.972 bits per heavy atom. The number of carbonyl (C=O) groups excluding carboxylic acids is 1. The quantitative estimate of drug-likeness (QED) is 0.481. The summed E-state index contributed by atoms with van der Waals surface area (Å²) in [5.41, 5.74) is 4.88. The van der Waals surface area contributed by atoms with Gasteiger partial charge in [-0.1, -0.05) is 31.5 Å². The van der Waals surface area contributed by atoms with Gasteiger partial charge < -0.3 is 20.1 Å². The van der Waals surface area contributed by atoms with Crippen LogP contribution in [0.3, 0.4) is 0 Å². The van der Waals surface area contributed by atoms with E-state index in [1.165, 1.54) is 48.8 Å². The number of amides is 1. The van der Waals surface area contributed by atoms with E-state index in [-0.39, 0.29) is 18.1 Å². The van der Waals surface area contributed by atoms with Crippen molar-refractivity contribution in [2.45, 2.75) is 95.9 Å². The molecule has 5 heteroatoms. The Balaban J connectivity index is 1.07. The van der Waals surface area contributed by atoms with Crippen LogP contribution in [0, 0.1) is 5.92 Å². The first kappa shape index (κ1) is 25.3. The van der Waals surface area contributed by atoms with Crippen molar-refractivity contribution in [2.24, 2.45) is 5.92 Å². The number of hydrogen-bond donors (Lipinski definition) is 2. The lowest BCUT2D eigenvalue weighted by molar-refractivity contribution is 0.0679. The maximum Gasteiger partial charge on any atom is 0.251 e. The van der Waals surface area contributed by atoms with Crippen LogP contribution < -0.4 is 15.4 Å². The highest BCUT2D eigenvalue weighted by atomic mass is 16.5. The summed E-state index contributed by atoms with van der Waals surface area (Å²) in [6.45, 7) is 4.69. The first-order valence-corrected chi connectivity index (χ1v) is 14.2. The molecule has 0 aromatic heterocycles. The molecule has 2 aromatic carbocycles. The van der Waals surface area contributed by atoms with Crippen LogP contribution in [-0.2, 0) is 24.1 Å². The summed E-state index contributed by atoms with van der Waals surface area (Å²) >= 11 is 0. The Bertz CT molecular complexity index is 991. The zero-order valence-corrected chi connectivity index (χ0v) is 21.8. The average molecular weight is 491 g/mol. The molecule has 5 rings (SSSR count). The molecule has 2 aliphatic carbocycles. The molecule has 1 saturated carbocycles.